The van der Waals surface area contributed by atoms with Gasteiger partial charge < -0.3 is 15.3 Å². The highest BCUT2D eigenvalue weighted by Gasteiger charge is 2.03. The van der Waals surface area contributed by atoms with E-state index in [1.807, 2.05) is 0 Å². The standard InChI is InChI=1S/C19H36O4/c1-2-3-4-6-9-12-17(20)15-16-18(21)13-10-7-5-8-11-14-19(22)23/h15-18,20-21H,2-14H2,1H3,(H,22,23)/b16-15+/t17-,18-/m0/s1. The van der Waals surface area contributed by atoms with Gasteiger partial charge in [-0.1, -0.05) is 76.9 Å². The number of carboxylic acids is 1. The lowest BCUT2D eigenvalue weighted by Gasteiger charge is -2.08. The van der Waals surface area contributed by atoms with Gasteiger partial charge in [0.25, 0.3) is 0 Å². The van der Waals surface area contributed by atoms with Gasteiger partial charge in [-0.3, -0.25) is 4.79 Å². The summed E-state index contributed by atoms with van der Waals surface area (Å²) in [5, 5.41) is 28.2. The normalized spacial score (nSPS) is 14.2. The average molecular weight is 328 g/mol. The molecule has 0 aliphatic heterocycles. The van der Waals surface area contributed by atoms with Crippen molar-refractivity contribution in [3.63, 3.8) is 0 Å². The molecule has 4 nitrogen and oxygen atoms in total. The highest BCUT2D eigenvalue weighted by atomic mass is 16.4. The van der Waals surface area contributed by atoms with E-state index in [0.29, 0.717) is 6.42 Å². The Kier molecular flexibility index (Phi) is 15.4. The highest BCUT2D eigenvalue weighted by Crippen LogP contribution is 2.11. The van der Waals surface area contributed by atoms with Crippen molar-refractivity contribution in [2.45, 2.75) is 103 Å². The number of hydrogen-bond donors (Lipinski definition) is 3. The predicted molar refractivity (Wildman–Crippen MR) is 94.5 cm³/mol. The Bertz CT molecular complexity index is 302. The zero-order valence-electron chi connectivity index (χ0n) is 14.8. The van der Waals surface area contributed by atoms with E-state index in [1.54, 1.807) is 12.2 Å². The molecule has 0 fully saturated rings. The van der Waals surface area contributed by atoms with E-state index in [-0.39, 0.29) is 6.42 Å². The fourth-order valence-electron chi connectivity index (χ4n) is 2.57. The van der Waals surface area contributed by atoms with Crippen LogP contribution in [0.1, 0.15) is 90.4 Å². The van der Waals surface area contributed by atoms with Gasteiger partial charge in [-0.2, -0.15) is 0 Å². The molecule has 0 aromatic carbocycles. The molecule has 0 saturated heterocycles. The number of carboxylic acid groups (broad SMARTS) is 1. The summed E-state index contributed by atoms with van der Waals surface area (Å²) in [6.07, 6.45) is 14.8. The summed E-state index contributed by atoms with van der Waals surface area (Å²) in [7, 11) is 0. The predicted octanol–water partition coefficient (Wildman–Crippen LogP) is 4.44. The molecule has 0 aromatic rings. The van der Waals surface area contributed by atoms with Crippen molar-refractivity contribution >= 4 is 5.97 Å². The summed E-state index contributed by atoms with van der Waals surface area (Å²) >= 11 is 0. The maximum atomic E-state index is 10.4. The van der Waals surface area contributed by atoms with Crippen LogP contribution < -0.4 is 0 Å². The summed E-state index contributed by atoms with van der Waals surface area (Å²) in [6, 6.07) is 0. The Morgan fingerprint density at radius 2 is 1.22 bits per heavy atom. The largest absolute Gasteiger partial charge is 0.481 e. The SMILES string of the molecule is CCCCCCC[C@H](O)/C=C/[C@@H](O)CCCCCCCC(=O)O. The minimum absolute atomic E-state index is 0.252. The third-order valence-electron chi connectivity index (χ3n) is 4.05. The van der Waals surface area contributed by atoms with Crippen LogP contribution in [0.5, 0.6) is 0 Å². The summed E-state index contributed by atoms with van der Waals surface area (Å²) in [4.78, 5) is 10.4. The zero-order chi connectivity index (χ0) is 17.3. The van der Waals surface area contributed by atoms with E-state index in [4.69, 9.17) is 5.11 Å². The second kappa shape index (κ2) is 16.0. The molecule has 136 valence electrons. The molecule has 0 aromatic heterocycles. The molecular weight excluding hydrogens is 292 g/mol. The lowest BCUT2D eigenvalue weighted by molar-refractivity contribution is -0.137. The van der Waals surface area contributed by atoms with Crippen LogP contribution in [0.25, 0.3) is 0 Å². The van der Waals surface area contributed by atoms with Gasteiger partial charge in [0.05, 0.1) is 12.2 Å². The molecule has 0 rings (SSSR count). The Balaban J connectivity index is 3.49. The van der Waals surface area contributed by atoms with Gasteiger partial charge in [-0.15, -0.1) is 0 Å². The fourth-order valence-corrected chi connectivity index (χ4v) is 2.57. The quantitative estimate of drug-likeness (QED) is 0.289. The van der Waals surface area contributed by atoms with Crippen LogP contribution in [-0.2, 0) is 4.79 Å². The van der Waals surface area contributed by atoms with Gasteiger partial charge in [0.1, 0.15) is 0 Å². The molecule has 4 heteroatoms. The molecule has 0 spiro atoms. The molecule has 0 aliphatic carbocycles. The number of carbonyl (C=O) groups is 1. The van der Waals surface area contributed by atoms with Crippen LogP contribution in [0.4, 0.5) is 0 Å². The molecule has 0 heterocycles. The van der Waals surface area contributed by atoms with E-state index in [0.717, 1.165) is 44.9 Å². The van der Waals surface area contributed by atoms with Crippen LogP contribution in [0.15, 0.2) is 12.2 Å². The minimum atomic E-state index is -0.727. The van der Waals surface area contributed by atoms with Crippen molar-refractivity contribution in [1.82, 2.24) is 0 Å². The second-order valence-corrected chi connectivity index (χ2v) is 6.42. The van der Waals surface area contributed by atoms with Gasteiger partial charge >= 0.3 is 5.97 Å². The molecular formula is C19H36O4. The number of rotatable bonds is 16. The van der Waals surface area contributed by atoms with Gasteiger partial charge in [0, 0.05) is 6.42 Å². The first kappa shape index (κ1) is 22.1. The molecule has 2 atom stereocenters. The number of aliphatic hydroxyl groups excluding tert-OH is 2. The highest BCUT2D eigenvalue weighted by molar-refractivity contribution is 5.66. The van der Waals surface area contributed by atoms with Gasteiger partial charge in [-0.25, -0.2) is 0 Å². The van der Waals surface area contributed by atoms with Crippen LogP contribution in [0.2, 0.25) is 0 Å². The Morgan fingerprint density at radius 1 is 0.783 bits per heavy atom. The smallest absolute Gasteiger partial charge is 0.303 e. The first-order chi connectivity index (χ1) is 11.1. The van der Waals surface area contributed by atoms with Gasteiger partial charge in [0.2, 0.25) is 0 Å². The van der Waals surface area contributed by atoms with Gasteiger partial charge in [0.15, 0.2) is 0 Å². The van der Waals surface area contributed by atoms with Crippen molar-refractivity contribution in [3.8, 4) is 0 Å². The summed E-state index contributed by atoms with van der Waals surface area (Å²) in [6.45, 7) is 2.19. The lowest BCUT2D eigenvalue weighted by Crippen LogP contribution is -2.06. The average Bonchev–Trinajstić information content (AvgIpc) is 2.51. The number of aliphatic carboxylic acids is 1. The van der Waals surface area contributed by atoms with E-state index in [9.17, 15) is 15.0 Å². The molecule has 0 amide bonds. The van der Waals surface area contributed by atoms with E-state index in [1.165, 1.54) is 25.7 Å². The van der Waals surface area contributed by atoms with Crippen molar-refractivity contribution in [2.24, 2.45) is 0 Å². The van der Waals surface area contributed by atoms with Crippen molar-refractivity contribution in [2.75, 3.05) is 0 Å². The fraction of sp³-hybridized carbons (Fsp3) is 0.842. The topological polar surface area (TPSA) is 77.8 Å². The lowest BCUT2D eigenvalue weighted by atomic mass is 10.0. The first-order valence-corrected chi connectivity index (χ1v) is 9.32. The second-order valence-electron chi connectivity index (χ2n) is 6.42. The molecule has 3 N–H and O–H groups in total. The third kappa shape index (κ3) is 17.3. The minimum Gasteiger partial charge on any atom is -0.481 e. The van der Waals surface area contributed by atoms with Crippen LogP contribution in [0, 0.1) is 0 Å². The number of unbranched alkanes of at least 4 members (excludes halogenated alkanes) is 8. The third-order valence-corrected chi connectivity index (χ3v) is 4.05. The monoisotopic (exact) mass is 328 g/mol. The summed E-state index contributed by atoms with van der Waals surface area (Å²) in [5.74, 6) is -0.727. The van der Waals surface area contributed by atoms with E-state index < -0.39 is 18.2 Å². The first-order valence-electron chi connectivity index (χ1n) is 9.32. The van der Waals surface area contributed by atoms with Crippen LogP contribution in [0.3, 0.4) is 0 Å². The molecule has 0 saturated carbocycles. The van der Waals surface area contributed by atoms with Crippen molar-refractivity contribution in [1.29, 1.82) is 0 Å². The number of aliphatic hydroxyl groups is 2. The Labute approximate surface area is 141 Å². The molecule has 0 bridgehead atoms. The van der Waals surface area contributed by atoms with E-state index in [2.05, 4.69) is 6.92 Å². The maximum Gasteiger partial charge on any atom is 0.303 e. The number of hydrogen-bond acceptors (Lipinski definition) is 3. The Morgan fingerprint density at radius 3 is 1.70 bits per heavy atom. The molecule has 23 heavy (non-hydrogen) atoms. The summed E-state index contributed by atoms with van der Waals surface area (Å²) < 4.78 is 0. The zero-order valence-corrected chi connectivity index (χ0v) is 14.8. The van der Waals surface area contributed by atoms with Crippen molar-refractivity contribution in [3.05, 3.63) is 12.2 Å². The van der Waals surface area contributed by atoms with Gasteiger partial charge in [-0.05, 0) is 19.3 Å². The molecule has 0 aliphatic rings. The van der Waals surface area contributed by atoms with Crippen molar-refractivity contribution < 1.29 is 20.1 Å². The van der Waals surface area contributed by atoms with Crippen LogP contribution >= 0.6 is 0 Å². The Hall–Kier alpha value is -0.870. The van der Waals surface area contributed by atoms with E-state index >= 15 is 0 Å². The maximum absolute atomic E-state index is 10.4. The molecule has 0 radical (unpaired) electrons. The molecule has 0 unspecified atom stereocenters. The summed E-state index contributed by atoms with van der Waals surface area (Å²) in [5.41, 5.74) is 0. The van der Waals surface area contributed by atoms with Crippen LogP contribution in [-0.4, -0.2) is 33.5 Å².